The van der Waals surface area contributed by atoms with E-state index in [-0.39, 0.29) is 24.6 Å². The van der Waals surface area contributed by atoms with E-state index >= 15 is 0 Å². The quantitative estimate of drug-likeness (QED) is 0.494. The van der Waals surface area contributed by atoms with Crippen molar-refractivity contribution in [2.75, 3.05) is 44.8 Å². The molecular formula is C26H39N5O4. The first-order valence-electron chi connectivity index (χ1n) is 12.9. The van der Waals surface area contributed by atoms with E-state index in [1.54, 1.807) is 13.0 Å². The molecule has 2 saturated heterocycles. The van der Waals surface area contributed by atoms with Gasteiger partial charge in [-0.25, -0.2) is 0 Å². The van der Waals surface area contributed by atoms with E-state index in [4.69, 9.17) is 19.4 Å². The Morgan fingerprint density at radius 2 is 2.09 bits per heavy atom. The van der Waals surface area contributed by atoms with Crippen LogP contribution >= 0.6 is 0 Å². The van der Waals surface area contributed by atoms with Crippen LogP contribution in [-0.2, 0) is 0 Å². The zero-order valence-corrected chi connectivity index (χ0v) is 21.2. The molecule has 0 spiro atoms. The second-order valence-electron chi connectivity index (χ2n) is 10.0. The van der Waals surface area contributed by atoms with Gasteiger partial charge in [-0.15, -0.1) is 0 Å². The molecule has 2 aliphatic heterocycles. The summed E-state index contributed by atoms with van der Waals surface area (Å²) in [6.07, 6.45) is 6.66. The van der Waals surface area contributed by atoms with Gasteiger partial charge in [0.1, 0.15) is 5.75 Å². The van der Waals surface area contributed by atoms with Gasteiger partial charge in [0.25, 0.3) is 11.9 Å². The Morgan fingerprint density at radius 3 is 2.77 bits per heavy atom. The van der Waals surface area contributed by atoms with Crippen LogP contribution in [0.3, 0.4) is 0 Å². The lowest BCUT2D eigenvalue weighted by Crippen LogP contribution is -2.35. The Kier molecular flexibility index (Phi) is 8.62. The lowest BCUT2D eigenvalue weighted by atomic mass is 9.92. The molecule has 0 unspecified atom stereocenters. The van der Waals surface area contributed by atoms with Crippen LogP contribution in [0.2, 0.25) is 0 Å². The Balaban J connectivity index is 1.16. The summed E-state index contributed by atoms with van der Waals surface area (Å²) in [5.41, 5.74) is 1.47. The molecule has 4 rings (SSSR count). The highest BCUT2D eigenvalue weighted by atomic mass is 16.5. The van der Waals surface area contributed by atoms with Gasteiger partial charge in [0.05, 0.1) is 19.3 Å². The molecule has 0 bridgehead atoms. The molecule has 9 nitrogen and oxygen atoms in total. The second kappa shape index (κ2) is 11.9. The summed E-state index contributed by atoms with van der Waals surface area (Å²) in [4.78, 5) is 21.5. The van der Waals surface area contributed by atoms with Gasteiger partial charge in [0.15, 0.2) is 0 Å². The zero-order valence-electron chi connectivity index (χ0n) is 21.2. The van der Waals surface area contributed by atoms with Crippen LogP contribution in [0.15, 0.2) is 22.7 Å². The third-order valence-electron chi connectivity index (χ3n) is 7.25. The molecule has 1 aromatic carbocycles. The molecule has 2 aliphatic rings. The van der Waals surface area contributed by atoms with Crippen LogP contribution in [0.5, 0.6) is 5.75 Å². The second-order valence-corrected chi connectivity index (χ2v) is 10.0. The highest BCUT2D eigenvalue weighted by molar-refractivity contribution is 5.95. The highest BCUT2D eigenvalue weighted by Crippen LogP contribution is 2.31. The van der Waals surface area contributed by atoms with Crippen LogP contribution in [0.1, 0.15) is 73.3 Å². The number of aryl methyl sites for hydroxylation is 1. The number of anilines is 1. The first-order chi connectivity index (χ1) is 16.9. The number of amides is 1. The van der Waals surface area contributed by atoms with E-state index in [0.29, 0.717) is 18.1 Å². The number of nitrogens with one attached hydrogen (secondary N) is 1. The number of rotatable bonds is 10. The van der Waals surface area contributed by atoms with Crippen LogP contribution in [0, 0.1) is 12.8 Å². The fourth-order valence-corrected chi connectivity index (χ4v) is 5.02. The number of nitrogens with zero attached hydrogens (tertiary/aromatic N) is 4. The van der Waals surface area contributed by atoms with Crippen molar-refractivity contribution >= 4 is 11.9 Å². The average Bonchev–Trinajstić information content (AvgIpc) is 3.51. The van der Waals surface area contributed by atoms with Crippen LogP contribution < -0.4 is 15.0 Å². The van der Waals surface area contributed by atoms with Gasteiger partial charge in [0, 0.05) is 24.7 Å². The minimum absolute atomic E-state index is 0.0821. The van der Waals surface area contributed by atoms with Crippen molar-refractivity contribution in [1.29, 1.82) is 0 Å². The average molecular weight is 486 g/mol. The maximum absolute atomic E-state index is 12.3. The first kappa shape index (κ1) is 25.4. The molecule has 2 aromatic rings. The molecule has 1 aromatic heterocycles. The van der Waals surface area contributed by atoms with Crippen molar-refractivity contribution in [1.82, 2.24) is 20.4 Å². The fraction of sp³-hybridized carbons (Fsp3) is 0.654. The van der Waals surface area contributed by atoms with E-state index in [9.17, 15) is 4.79 Å². The number of piperidine rings is 1. The smallest absolute Gasteiger partial charge is 0.266 e. The summed E-state index contributed by atoms with van der Waals surface area (Å²) >= 11 is 0. The van der Waals surface area contributed by atoms with E-state index in [0.717, 1.165) is 74.9 Å². The van der Waals surface area contributed by atoms with Gasteiger partial charge in [-0.1, -0.05) is 0 Å². The van der Waals surface area contributed by atoms with Crippen molar-refractivity contribution < 1.29 is 19.2 Å². The third kappa shape index (κ3) is 6.52. The number of ether oxygens (including phenoxy) is 1. The minimum Gasteiger partial charge on any atom is -0.494 e. The molecule has 2 atom stereocenters. The van der Waals surface area contributed by atoms with Crippen LogP contribution in [-0.4, -0.2) is 72.0 Å². The van der Waals surface area contributed by atoms with Crippen LogP contribution in [0.4, 0.5) is 5.95 Å². The van der Waals surface area contributed by atoms with Crippen molar-refractivity contribution in [3.63, 3.8) is 0 Å². The number of aromatic nitrogens is 2. The number of carbonyl (C=O) groups is 1. The number of likely N-dealkylation sites (tertiary alicyclic amines) is 1. The van der Waals surface area contributed by atoms with Crippen molar-refractivity contribution in [2.45, 2.75) is 64.5 Å². The summed E-state index contributed by atoms with van der Waals surface area (Å²) in [5, 5.41) is 16.1. The number of hydrogen-bond donors (Lipinski definition) is 2. The van der Waals surface area contributed by atoms with Gasteiger partial charge in [-0.05, 0) is 101 Å². The van der Waals surface area contributed by atoms with Gasteiger partial charge < -0.3 is 24.6 Å². The topological polar surface area (TPSA) is 104 Å². The Hall–Kier alpha value is -2.65. The number of aliphatic hydroxyl groups excluding tert-OH is 1. The summed E-state index contributed by atoms with van der Waals surface area (Å²) < 4.78 is 11.5. The molecular weight excluding hydrogens is 446 g/mol. The molecule has 1 amide bonds. The first-order valence-corrected chi connectivity index (χ1v) is 12.9. The Labute approximate surface area is 207 Å². The van der Waals surface area contributed by atoms with Gasteiger partial charge in [-0.2, -0.15) is 4.98 Å². The van der Waals surface area contributed by atoms with E-state index in [1.807, 2.05) is 19.1 Å². The molecule has 0 aliphatic carbocycles. The molecule has 35 heavy (non-hydrogen) atoms. The third-order valence-corrected chi connectivity index (χ3v) is 7.25. The van der Waals surface area contributed by atoms with E-state index in [1.165, 1.54) is 6.42 Å². The monoisotopic (exact) mass is 485 g/mol. The Morgan fingerprint density at radius 1 is 1.29 bits per heavy atom. The molecule has 2 N–H and O–H groups in total. The SMILES string of the molecule is Cc1cc(OCCCC2CCN(c3noc([C@@H]4CCCN4C)n3)CC2)ccc1C(=O)N[C@H](C)CO. The van der Waals surface area contributed by atoms with Gasteiger partial charge >= 0.3 is 0 Å². The fourth-order valence-electron chi connectivity index (χ4n) is 5.02. The highest BCUT2D eigenvalue weighted by Gasteiger charge is 2.29. The van der Waals surface area contributed by atoms with Crippen molar-refractivity contribution in [2.24, 2.45) is 5.92 Å². The maximum Gasteiger partial charge on any atom is 0.266 e. The molecule has 9 heteroatoms. The van der Waals surface area contributed by atoms with Crippen LogP contribution in [0.25, 0.3) is 0 Å². The Bertz CT molecular complexity index is 972. The summed E-state index contributed by atoms with van der Waals surface area (Å²) in [5.74, 6) is 2.78. The largest absolute Gasteiger partial charge is 0.494 e. The summed E-state index contributed by atoms with van der Waals surface area (Å²) in [6, 6.07) is 5.52. The number of benzene rings is 1. The van der Waals surface area contributed by atoms with E-state index < -0.39 is 0 Å². The molecule has 0 saturated carbocycles. The number of hydrogen-bond acceptors (Lipinski definition) is 8. The number of aliphatic hydroxyl groups is 1. The predicted octanol–water partition coefficient (Wildman–Crippen LogP) is 3.33. The van der Waals surface area contributed by atoms with Gasteiger partial charge in [0.2, 0.25) is 5.89 Å². The predicted molar refractivity (Wildman–Crippen MR) is 134 cm³/mol. The van der Waals surface area contributed by atoms with Crippen molar-refractivity contribution in [3.05, 3.63) is 35.2 Å². The van der Waals surface area contributed by atoms with Crippen molar-refractivity contribution in [3.8, 4) is 5.75 Å². The van der Waals surface area contributed by atoms with Gasteiger partial charge in [-0.3, -0.25) is 9.69 Å². The molecule has 3 heterocycles. The minimum atomic E-state index is -0.270. The lowest BCUT2D eigenvalue weighted by molar-refractivity contribution is 0.0921. The zero-order chi connectivity index (χ0) is 24.8. The standard InChI is InChI=1S/C26H39N5O4/c1-18-16-21(8-9-22(18)24(33)27-19(2)17-32)34-15-5-6-20-10-13-31(14-11-20)26-28-25(35-29-26)23-7-4-12-30(23)3/h8-9,16,19-20,23,32H,4-7,10-15,17H2,1-3H3,(H,27,33)/t19-,23+/m1/s1. The molecule has 2 fully saturated rings. The maximum atomic E-state index is 12.3. The molecule has 0 radical (unpaired) electrons. The summed E-state index contributed by atoms with van der Waals surface area (Å²) in [6.45, 7) is 7.26. The number of carbonyl (C=O) groups excluding carboxylic acids is 1. The molecule has 192 valence electrons. The normalized spacial score (nSPS) is 20.2. The lowest BCUT2D eigenvalue weighted by Gasteiger charge is -2.30. The van der Waals surface area contributed by atoms with E-state index in [2.05, 4.69) is 27.3 Å². The summed E-state index contributed by atoms with van der Waals surface area (Å²) in [7, 11) is 2.12.